The summed E-state index contributed by atoms with van der Waals surface area (Å²) in [5, 5.41) is 11.6. The van der Waals surface area contributed by atoms with E-state index < -0.39 is 12.0 Å². The molecule has 0 spiro atoms. The number of carbonyl (C=O) groups excluding carboxylic acids is 1. The maximum Gasteiger partial charge on any atom is 0.326 e. The monoisotopic (exact) mass is 258 g/mol. The quantitative estimate of drug-likeness (QED) is 0.785. The molecule has 1 fully saturated rings. The minimum atomic E-state index is -1.00. The molecule has 1 aliphatic rings. The van der Waals surface area contributed by atoms with E-state index in [1.54, 1.807) is 25.8 Å². The number of ether oxygens (including phenoxy) is 1. The maximum atomic E-state index is 12.0. The number of amides is 2. The summed E-state index contributed by atoms with van der Waals surface area (Å²) in [6.07, 6.45) is 1.59. The number of urea groups is 1. The van der Waals surface area contributed by atoms with E-state index in [-0.39, 0.29) is 18.0 Å². The van der Waals surface area contributed by atoms with E-state index >= 15 is 0 Å². The van der Waals surface area contributed by atoms with E-state index in [9.17, 15) is 9.59 Å². The molecule has 18 heavy (non-hydrogen) atoms. The molecule has 0 unspecified atom stereocenters. The summed E-state index contributed by atoms with van der Waals surface area (Å²) in [5.74, 6) is -1.15. The molecule has 0 saturated carbocycles. The van der Waals surface area contributed by atoms with Crippen molar-refractivity contribution in [2.45, 2.75) is 38.8 Å². The Morgan fingerprint density at radius 3 is 2.33 bits per heavy atom. The number of rotatable bonds is 4. The van der Waals surface area contributed by atoms with Crippen LogP contribution in [0.3, 0.4) is 0 Å². The normalized spacial score (nSPS) is 18.4. The summed E-state index contributed by atoms with van der Waals surface area (Å²) in [5.41, 5.74) is 0. The van der Waals surface area contributed by atoms with Gasteiger partial charge < -0.3 is 20.1 Å². The zero-order valence-corrected chi connectivity index (χ0v) is 11.2. The first-order valence-corrected chi connectivity index (χ1v) is 6.27. The molecule has 0 aromatic rings. The van der Waals surface area contributed by atoms with Gasteiger partial charge >= 0.3 is 12.0 Å². The summed E-state index contributed by atoms with van der Waals surface area (Å²) in [6, 6.07) is -1.05. The van der Waals surface area contributed by atoms with Crippen molar-refractivity contribution < 1.29 is 19.4 Å². The topological polar surface area (TPSA) is 78.9 Å². The number of hydrogen-bond donors (Lipinski definition) is 2. The predicted octanol–water partition coefficient (Wildman–Crippen LogP) is 0.916. The molecule has 2 N–H and O–H groups in total. The predicted molar refractivity (Wildman–Crippen MR) is 66.4 cm³/mol. The second kappa shape index (κ2) is 6.58. The molecule has 0 radical (unpaired) electrons. The van der Waals surface area contributed by atoms with Gasteiger partial charge in [-0.3, -0.25) is 0 Å². The lowest BCUT2D eigenvalue weighted by molar-refractivity contribution is -0.140. The maximum absolute atomic E-state index is 12.0. The van der Waals surface area contributed by atoms with Crippen molar-refractivity contribution >= 4 is 12.0 Å². The Kier molecular flexibility index (Phi) is 5.40. The number of aliphatic carboxylic acids is 1. The van der Waals surface area contributed by atoms with E-state index in [4.69, 9.17) is 9.84 Å². The first-order valence-electron chi connectivity index (χ1n) is 6.27. The summed E-state index contributed by atoms with van der Waals surface area (Å²) in [7, 11) is 1.70. The van der Waals surface area contributed by atoms with Crippen molar-refractivity contribution in [2.24, 2.45) is 5.92 Å². The molecule has 104 valence electrons. The molecule has 1 rings (SSSR count). The van der Waals surface area contributed by atoms with Crippen LogP contribution in [0.4, 0.5) is 4.79 Å². The van der Waals surface area contributed by atoms with Crippen molar-refractivity contribution in [2.75, 3.05) is 20.3 Å². The molecule has 6 nitrogen and oxygen atoms in total. The molecule has 0 bridgehead atoms. The highest BCUT2D eigenvalue weighted by Gasteiger charge is 2.28. The highest BCUT2D eigenvalue weighted by atomic mass is 16.5. The van der Waals surface area contributed by atoms with E-state index in [1.807, 2.05) is 0 Å². The van der Waals surface area contributed by atoms with Gasteiger partial charge in [0.25, 0.3) is 0 Å². The third-order valence-corrected chi connectivity index (χ3v) is 3.27. The molecule has 1 saturated heterocycles. The summed E-state index contributed by atoms with van der Waals surface area (Å²) < 4.78 is 5.23. The van der Waals surface area contributed by atoms with Crippen LogP contribution in [0.1, 0.15) is 26.7 Å². The second-order valence-corrected chi connectivity index (χ2v) is 4.96. The largest absolute Gasteiger partial charge is 0.480 e. The van der Waals surface area contributed by atoms with Crippen LogP contribution < -0.4 is 5.32 Å². The van der Waals surface area contributed by atoms with Gasteiger partial charge in [-0.15, -0.1) is 0 Å². The SMILES string of the molecule is CC(C)[C@H](NC(=O)N(C)C1CCOCC1)C(=O)O. The summed E-state index contributed by atoms with van der Waals surface area (Å²) in [6.45, 7) is 4.84. The van der Waals surface area contributed by atoms with Crippen LogP contribution >= 0.6 is 0 Å². The fourth-order valence-electron chi connectivity index (χ4n) is 1.99. The Morgan fingerprint density at radius 1 is 1.33 bits per heavy atom. The third-order valence-electron chi connectivity index (χ3n) is 3.27. The smallest absolute Gasteiger partial charge is 0.326 e. The molecule has 6 heteroatoms. The van der Waals surface area contributed by atoms with Gasteiger partial charge in [-0.2, -0.15) is 0 Å². The fourth-order valence-corrected chi connectivity index (χ4v) is 1.99. The molecule has 1 heterocycles. The molecule has 0 aliphatic carbocycles. The zero-order valence-electron chi connectivity index (χ0n) is 11.2. The van der Waals surface area contributed by atoms with Gasteiger partial charge in [-0.25, -0.2) is 9.59 Å². The Balaban J connectivity index is 2.54. The van der Waals surface area contributed by atoms with Crippen LogP contribution in [0, 0.1) is 5.92 Å². The molecule has 1 atom stereocenters. The molecule has 1 aliphatic heterocycles. The molecule has 2 amide bonds. The van der Waals surface area contributed by atoms with E-state index in [2.05, 4.69) is 5.32 Å². The Bertz CT molecular complexity index is 300. The molecule has 0 aromatic carbocycles. The van der Waals surface area contributed by atoms with Crippen LogP contribution in [0.15, 0.2) is 0 Å². The van der Waals surface area contributed by atoms with Crippen LogP contribution in [0.2, 0.25) is 0 Å². The van der Waals surface area contributed by atoms with Crippen LogP contribution in [0.25, 0.3) is 0 Å². The van der Waals surface area contributed by atoms with Crippen molar-refractivity contribution in [3.05, 3.63) is 0 Å². The van der Waals surface area contributed by atoms with Crippen LogP contribution in [-0.2, 0) is 9.53 Å². The van der Waals surface area contributed by atoms with Crippen molar-refractivity contribution in [1.29, 1.82) is 0 Å². The fraction of sp³-hybridized carbons (Fsp3) is 0.833. The number of carboxylic acid groups (broad SMARTS) is 1. The van der Waals surface area contributed by atoms with Gasteiger partial charge in [-0.1, -0.05) is 13.8 Å². The number of nitrogens with zero attached hydrogens (tertiary/aromatic N) is 1. The minimum absolute atomic E-state index is 0.125. The highest BCUT2D eigenvalue weighted by Crippen LogP contribution is 2.13. The molecule has 0 aromatic heterocycles. The standard InChI is InChI=1S/C12H22N2O4/c1-8(2)10(11(15)16)13-12(17)14(3)9-4-6-18-7-5-9/h8-10H,4-7H2,1-3H3,(H,13,17)(H,15,16)/t10-/m0/s1. The van der Waals surface area contributed by atoms with Crippen LogP contribution in [-0.4, -0.2) is 54.4 Å². The van der Waals surface area contributed by atoms with E-state index in [1.165, 1.54) is 0 Å². The van der Waals surface area contributed by atoms with Gasteiger partial charge in [0.05, 0.1) is 0 Å². The first kappa shape index (κ1) is 14.8. The lowest BCUT2D eigenvalue weighted by Crippen LogP contribution is -2.52. The van der Waals surface area contributed by atoms with Gasteiger partial charge in [0.15, 0.2) is 0 Å². The molecular formula is C12H22N2O4. The van der Waals surface area contributed by atoms with E-state index in [0.29, 0.717) is 13.2 Å². The average molecular weight is 258 g/mol. The average Bonchev–Trinajstić information content (AvgIpc) is 2.35. The van der Waals surface area contributed by atoms with Gasteiger partial charge in [0, 0.05) is 26.3 Å². The zero-order chi connectivity index (χ0) is 13.7. The number of carboxylic acids is 1. The lowest BCUT2D eigenvalue weighted by Gasteiger charge is -2.32. The summed E-state index contributed by atoms with van der Waals surface area (Å²) in [4.78, 5) is 24.6. The lowest BCUT2D eigenvalue weighted by atomic mass is 10.0. The number of carbonyl (C=O) groups is 2. The number of hydrogen-bond acceptors (Lipinski definition) is 3. The van der Waals surface area contributed by atoms with Crippen molar-refractivity contribution in [3.8, 4) is 0 Å². The van der Waals surface area contributed by atoms with Gasteiger partial charge in [-0.05, 0) is 18.8 Å². The summed E-state index contributed by atoms with van der Waals surface area (Å²) >= 11 is 0. The third kappa shape index (κ3) is 3.87. The van der Waals surface area contributed by atoms with Crippen molar-refractivity contribution in [3.63, 3.8) is 0 Å². The van der Waals surface area contributed by atoms with Gasteiger partial charge in [0.1, 0.15) is 6.04 Å². The Hall–Kier alpha value is -1.30. The molecular weight excluding hydrogens is 236 g/mol. The van der Waals surface area contributed by atoms with Crippen LogP contribution in [0.5, 0.6) is 0 Å². The Morgan fingerprint density at radius 2 is 1.89 bits per heavy atom. The Labute approximate surface area is 107 Å². The van der Waals surface area contributed by atoms with Gasteiger partial charge in [0.2, 0.25) is 0 Å². The van der Waals surface area contributed by atoms with E-state index in [0.717, 1.165) is 12.8 Å². The highest BCUT2D eigenvalue weighted by molar-refractivity contribution is 5.82. The first-order chi connectivity index (χ1) is 8.43. The second-order valence-electron chi connectivity index (χ2n) is 4.96. The minimum Gasteiger partial charge on any atom is -0.480 e. The number of nitrogens with one attached hydrogen (secondary N) is 1. The van der Waals surface area contributed by atoms with Crippen molar-refractivity contribution in [1.82, 2.24) is 10.2 Å².